The average molecular weight is 313 g/mol. The van der Waals surface area contributed by atoms with Gasteiger partial charge in [-0.3, -0.25) is 4.79 Å². The molecule has 1 aromatic carbocycles. The number of halogens is 1. The highest BCUT2D eigenvalue weighted by atomic mass is 35.5. The minimum atomic E-state index is 0.127. The number of carbonyl (C=O) groups is 1. The smallest absolute Gasteiger partial charge is 0.174 e. The second kappa shape index (κ2) is 6.72. The van der Waals surface area contributed by atoms with Gasteiger partial charge in [0.25, 0.3) is 0 Å². The molecule has 1 aliphatic rings. The van der Waals surface area contributed by atoms with Crippen LogP contribution in [0.15, 0.2) is 12.1 Å². The molecule has 0 radical (unpaired) electrons. The molecule has 20 heavy (non-hydrogen) atoms. The molecule has 1 aromatic rings. The summed E-state index contributed by atoms with van der Waals surface area (Å²) in [6.45, 7) is 2.99. The summed E-state index contributed by atoms with van der Waals surface area (Å²) in [6.07, 6.45) is 2.32. The predicted octanol–water partition coefficient (Wildman–Crippen LogP) is 3.90. The quantitative estimate of drug-likeness (QED) is 0.587. The highest BCUT2D eigenvalue weighted by Crippen LogP contribution is 2.38. The van der Waals surface area contributed by atoms with Gasteiger partial charge in [-0.2, -0.15) is 11.8 Å². The van der Waals surface area contributed by atoms with Gasteiger partial charge in [0.15, 0.2) is 5.78 Å². The molecule has 2 rings (SSSR count). The van der Waals surface area contributed by atoms with Crippen LogP contribution >= 0.6 is 23.4 Å². The van der Waals surface area contributed by atoms with Crippen LogP contribution in [-0.4, -0.2) is 38.1 Å². The van der Waals surface area contributed by atoms with Crippen LogP contribution in [0.3, 0.4) is 0 Å². The number of benzene rings is 1. The van der Waals surface area contributed by atoms with Gasteiger partial charge in [0.1, 0.15) is 0 Å². The Kier molecular flexibility index (Phi) is 5.22. The second-order valence-corrected chi connectivity index (χ2v) is 6.70. The van der Waals surface area contributed by atoms with Crippen molar-refractivity contribution >= 4 is 40.5 Å². The van der Waals surface area contributed by atoms with E-state index in [0.717, 1.165) is 36.6 Å². The molecule has 0 atom stereocenters. The summed E-state index contributed by atoms with van der Waals surface area (Å²) in [5.74, 6) is 1.67. The maximum absolute atomic E-state index is 12.3. The van der Waals surface area contributed by atoms with Gasteiger partial charge in [-0.15, -0.1) is 0 Å². The number of ketones is 1. The number of rotatable bonds is 6. The van der Waals surface area contributed by atoms with Crippen molar-refractivity contribution < 1.29 is 4.79 Å². The average Bonchev–Trinajstić information content (AvgIpc) is 2.68. The summed E-state index contributed by atoms with van der Waals surface area (Å²) in [4.78, 5) is 16.5. The molecule has 1 heterocycles. The highest BCUT2D eigenvalue weighted by Gasteiger charge is 2.23. The molecule has 0 fully saturated rings. The predicted molar refractivity (Wildman–Crippen MR) is 89.7 cm³/mol. The Morgan fingerprint density at radius 2 is 1.95 bits per heavy atom. The lowest BCUT2D eigenvalue weighted by molar-refractivity contribution is 0.102. The van der Waals surface area contributed by atoms with Gasteiger partial charge in [-0.05, 0) is 24.3 Å². The molecule has 1 aliphatic heterocycles. The van der Waals surface area contributed by atoms with Crippen molar-refractivity contribution in [2.24, 2.45) is 0 Å². The van der Waals surface area contributed by atoms with E-state index in [1.165, 1.54) is 0 Å². The summed E-state index contributed by atoms with van der Waals surface area (Å²) in [5.41, 5.74) is 2.82. The van der Waals surface area contributed by atoms with Crippen molar-refractivity contribution in [3.63, 3.8) is 0 Å². The number of hydrogen-bond donors (Lipinski definition) is 0. The van der Waals surface area contributed by atoms with Crippen molar-refractivity contribution in [1.82, 2.24) is 0 Å². The van der Waals surface area contributed by atoms with Crippen LogP contribution in [0.4, 0.5) is 11.4 Å². The van der Waals surface area contributed by atoms with E-state index in [9.17, 15) is 4.79 Å². The van der Waals surface area contributed by atoms with Crippen LogP contribution in [0.2, 0.25) is 5.02 Å². The van der Waals surface area contributed by atoms with Crippen molar-refractivity contribution in [2.75, 3.05) is 42.1 Å². The normalized spacial score (nSPS) is 13.8. The Morgan fingerprint density at radius 3 is 2.60 bits per heavy atom. The van der Waals surface area contributed by atoms with E-state index < -0.39 is 0 Å². The fourth-order valence-electron chi connectivity index (χ4n) is 2.34. The number of hydrogen-bond acceptors (Lipinski definition) is 4. The summed E-state index contributed by atoms with van der Waals surface area (Å²) in [5, 5.41) is 0.562. The number of Topliss-reactive ketones (excluding diaryl/α,β-unsaturated/α-hetero) is 1. The molecule has 5 heteroatoms. The third-order valence-electron chi connectivity index (χ3n) is 3.49. The molecular weight excluding hydrogens is 292 g/mol. The minimum absolute atomic E-state index is 0.127. The summed E-state index contributed by atoms with van der Waals surface area (Å²) >= 11 is 7.97. The van der Waals surface area contributed by atoms with E-state index in [4.69, 9.17) is 11.6 Å². The Labute approximate surface area is 130 Å². The molecule has 0 spiro atoms. The van der Waals surface area contributed by atoms with Crippen LogP contribution in [0.1, 0.15) is 30.1 Å². The number of carbonyl (C=O) groups excluding carboxylic acids is 1. The summed E-state index contributed by atoms with van der Waals surface area (Å²) < 4.78 is 0. The first-order valence-corrected chi connectivity index (χ1v) is 8.44. The first-order valence-electron chi connectivity index (χ1n) is 6.91. The second-order valence-electron chi connectivity index (χ2n) is 5.19. The van der Waals surface area contributed by atoms with Gasteiger partial charge >= 0.3 is 0 Å². The number of anilines is 2. The number of fused-ring (bicyclic) bond motifs is 1. The Morgan fingerprint density at radius 1 is 1.30 bits per heavy atom. The number of nitrogens with zero attached hydrogens (tertiary/aromatic N) is 2. The molecule has 0 saturated carbocycles. The molecule has 0 bridgehead atoms. The highest BCUT2D eigenvalue weighted by molar-refractivity contribution is 7.99. The SMILES string of the molecule is CCCCSCC(=O)c1cc2c(cc1Cl)N(C)CN2C. The largest absolute Gasteiger partial charge is 0.355 e. The van der Waals surface area contributed by atoms with Crippen molar-refractivity contribution in [1.29, 1.82) is 0 Å². The lowest BCUT2D eigenvalue weighted by atomic mass is 10.1. The first kappa shape index (κ1) is 15.5. The third kappa shape index (κ3) is 3.23. The van der Waals surface area contributed by atoms with E-state index in [1.807, 2.05) is 26.2 Å². The van der Waals surface area contributed by atoms with Gasteiger partial charge in [0.2, 0.25) is 0 Å². The standard InChI is InChI=1S/C15H21ClN2OS/c1-4-5-6-20-9-15(19)11-7-13-14(8-12(11)16)18(3)10-17(13)2/h7-8H,4-6,9-10H2,1-3H3. The third-order valence-corrected chi connectivity index (χ3v) is 4.84. The van der Waals surface area contributed by atoms with E-state index in [2.05, 4.69) is 16.7 Å². The van der Waals surface area contributed by atoms with Crippen LogP contribution in [0.25, 0.3) is 0 Å². The molecule has 0 saturated heterocycles. The van der Waals surface area contributed by atoms with Crippen LogP contribution in [0, 0.1) is 0 Å². The molecular formula is C15H21ClN2OS. The van der Waals surface area contributed by atoms with Gasteiger partial charge in [-0.1, -0.05) is 24.9 Å². The molecule has 0 amide bonds. The van der Waals surface area contributed by atoms with Gasteiger partial charge in [0, 0.05) is 19.7 Å². The van der Waals surface area contributed by atoms with Crippen molar-refractivity contribution in [3.8, 4) is 0 Å². The van der Waals surface area contributed by atoms with E-state index >= 15 is 0 Å². The molecule has 0 N–H and O–H groups in total. The van der Waals surface area contributed by atoms with E-state index in [1.54, 1.807) is 11.8 Å². The van der Waals surface area contributed by atoms with Crippen LogP contribution in [-0.2, 0) is 0 Å². The lowest BCUT2D eigenvalue weighted by Crippen LogP contribution is -2.23. The monoisotopic (exact) mass is 312 g/mol. The summed E-state index contributed by atoms with van der Waals surface area (Å²) in [6, 6.07) is 3.84. The molecule has 110 valence electrons. The Balaban J connectivity index is 2.13. The first-order chi connectivity index (χ1) is 9.54. The molecule has 0 aliphatic carbocycles. The zero-order valence-corrected chi connectivity index (χ0v) is 13.9. The molecule has 0 aromatic heterocycles. The van der Waals surface area contributed by atoms with E-state index in [0.29, 0.717) is 16.3 Å². The van der Waals surface area contributed by atoms with Gasteiger partial charge in [-0.25, -0.2) is 0 Å². The number of thioether (sulfide) groups is 1. The van der Waals surface area contributed by atoms with Gasteiger partial charge < -0.3 is 9.80 Å². The van der Waals surface area contributed by atoms with Crippen molar-refractivity contribution in [2.45, 2.75) is 19.8 Å². The lowest BCUT2D eigenvalue weighted by Gasteiger charge is -2.12. The topological polar surface area (TPSA) is 23.6 Å². The van der Waals surface area contributed by atoms with Crippen molar-refractivity contribution in [3.05, 3.63) is 22.7 Å². The Hall–Kier alpha value is -0.870. The fraction of sp³-hybridized carbons (Fsp3) is 0.533. The maximum atomic E-state index is 12.3. The number of unbranched alkanes of at least 4 members (excludes halogenated alkanes) is 1. The van der Waals surface area contributed by atoms with Crippen LogP contribution in [0.5, 0.6) is 0 Å². The van der Waals surface area contributed by atoms with Gasteiger partial charge in [0.05, 0.1) is 28.8 Å². The molecule has 3 nitrogen and oxygen atoms in total. The maximum Gasteiger partial charge on any atom is 0.174 e. The molecule has 0 unspecified atom stereocenters. The zero-order chi connectivity index (χ0) is 14.7. The fourth-order valence-corrected chi connectivity index (χ4v) is 3.58. The van der Waals surface area contributed by atoms with Crippen LogP contribution < -0.4 is 9.80 Å². The van der Waals surface area contributed by atoms with E-state index in [-0.39, 0.29) is 5.78 Å². The summed E-state index contributed by atoms with van der Waals surface area (Å²) in [7, 11) is 4.06. The Bertz CT molecular complexity index is 507. The zero-order valence-electron chi connectivity index (χ0n) is 12.3. The minimum Gasteiger partial charge on any atom is -0.355 e.